The molecule has 0 fully saturated rings. The molecule has 1 N–H and O–H groups in total. The maximum atomic E-state index is 5.86. The molecule has 0 aliphatic heterocycles. The molecule has 78 valence electrons. The van der Waals surface area contributed by atoms with Crippen molar-refractivity contribution in [3.63, 3.8) is 0 Å². The van der Waals surface area contributed by atoms with Gasteiger partial charge in [0.25, 0.3) is 0 Å². The van der Waals surface area contributed by atoms with Crippen LogP contribution in [0.4, 0.5) is 0 Å². The molecule has 0 radical (unpaired) electrons. The molecule has 1 aromatic carbocycles. The highest BCUT2D eigenvalue weighted by Crippen LogP contribution is 2.10. The minimum atomic E-state index is 0.752. The van der Waals surface area contributed by atoms with Crippen LogP contribution < -0.4 is 5.32 Å². The van der Waals surface area contributed by atoms with Gasteiger partial charge in [-0.2, -0.15) is 0 Å². The minimum absolute atomic E-state index is 0.752. The average molecular weight is 214 g/mol. The van der Waals surface area contributed by atoms with Crippen molar-refractivity contribution in [3.05, 3.63) is 34.9 Å². The van der Waals surface area contributed by atoms with Crippen molar-refractivity contribution in [1.82, 2.24) is 5.32 Å². The summed E-state index contributed by atoms with van der Waals surface area (Å²) in [5.41, 5.74) is 1.22. The average Bonchev–Trinajstić information content (AvgIpc) is 2.18. The minimum Gasteiger partial charge on any atom is -0.380 e. The monoisotopic (exact) mass is 213 g/mol. The van der Waals surface area contributed by atoms with Gasteiger partial charge in [0.05, 0.1) is 13.2 Å². The Morgan fingerprint density at radius 2 is 2.21 bits per heavy atom. The van der Waals surface area contributed by atoms with Crippen LogP contribution in [0.15, 0.2) is 24.3 Å². The van der Waals surface area contributed by atoms with E-state index in [2.05, 4.69) is 11.4 Å². The van der Waals surface area contributed by atoms with Crippen LogP contribution >= 0.6 is 11.6 Å². The van der Waals surface area contributed by atoms with E-state index in [1.165, 1.54) is 5.56 Å². The van der Waals surface area contributed by atoms with Crippen molar-refractivity contribution in [2.75, 3.05) is 26.8 Å². The molecule has 0 bridgehead atoms. The molecule has 2 nitrogen and oxygen atoms in total. The van der Waals surface area contributed by atoms with Gasteiger partial charge in [0, 0.05) is 11.6 Å². The Bertz CT molecular complexity index is 265. The highest BCUT2D eigenvalue weighted by Gasteiger charge is 1.94. The lowest BCUT2D eigenvalue weighted by atomic mass is 10.2. The van der Waals surface area contributed by atoms with E-state index >= 15 is 0 Å². The number of benzene rings is 1. The molecule has 0 atom stereocenters. The molecule has 0 saturated heterocycles. The first-order valence-electron chi connectivity index (χ1n) is 4.79. The lowest BCUT2D eigenvalue weighted by Gasteiger charge is -2.04. The highest BCUT2D eigenvalue weighted by molar-refractivity contribution is 6.30. The summed E-state index contributed by atoms with van der Waals surface area (Å²) in [6, 6.07) is 7.88. The molecule has 1 aromatic rings. The van der Waals surface area contributed by atoms with E-state index in [0.29, 0.717) is 0 Å². The Morgan fingerprint density at radius 1 is 1.36 bits per heavy atom. The van der Waals surface area contributed by atoms with E-state index in [1.54, 1.807) is 0 Å². The van der Waals surface area contributed by atoms with E-state index in [9.17, 15) is 0 Å². The first-order chi connectivity index (χ1) is 6.83. The molecule has 0 aromatic heterocycles. The fourth-order valence-corrected chi connectivity index (χ4v) is 1.37. The second-order valence-electron chi connectivity index (χ2n) is 3.10. The van der Waals surface area contributed by atoms with Crippen LogP contribution in [0, 0.1) is 0 Å². The number of hydrogen-bond acceptors (Lipinski definition) is 2. The third-order valence-corrected chi connectivity index (χ3v) is 2.16. The van der Waals surface area contributed by atoms with Gasteiger partial charge in [0.2, 0.25) is 0 Å². The van der Waals surface area contributed by atoms with Gasteiger partial charge in [0.1, 0.15) is 0 Å². The summed E-state index contributed by atoms with van der Waals surface area (Å²) in [6.45, 7) is 2.41. The molecule has 0 unspecified atom stereocenters. The van der Waals surface area contributed by atoms with Crippen molar-refractivity contribution in [2.24, 2.45) is 0 Å². The Labute approximate surface area is 90.2 Å². The molecule has 0 amide bonds. The molecule has 0 saturated carbocycles. The summed E-state index contributed by atoms with van der Waals surface area (Å²) in [6.07, 6.45) is 0.921. The van der Waals surface area contributed by atoms with Crippen LogP contribution in [0.25, 0.3) is 0 Å². The molecule has 0 aliphatic rings. The smallest absolute Gasteiger partial charge is 0.0590 e. The predicted molar refractivity (Wildman–Crippen MR) is 59.9 cm³/mol. The van der Waals surface area contributed by atoms with E-state index in [1.807, 2.05) is 25.2 Å². The summed E-state index contributed by atoms with van der Waals surface area (Å²) in [4.78, 5) is 0. The van der Waals surface area contributed by atoms with Gasteiger partial charge in [-0.3, -0.25) is 0 Å². The fraction of sp³-hybridized carbons (Fsp3) is 0.455. The van der Waals surface area contributed by atoms with Gasteiger partial charge in [-0.15, -0.1) is 0 Å². The lowest BCUT2D eigenvalue weighted by Crippen LogP contribution is -2.15. The third kappa shape index (κ3) is 4.61. The number of likely N-dealkylation sites (N-methyl/N-ethyl adjacent to an activating group) is 1. The molecule has 0 spiro atoms. The van der Waals surface area contributed by atoms with Crippen LogP contribution in [0.2, 0.25) is 5.02 Å². The second-order valence-corrected chi connectivity index (χ2v) is 3.53. The number of rotatable bonds is 6. The van der Waals surface area contributed by atoms with Crippen LogP contribution in [-0.2, 0) is 11.2 Å². The molecule has 1 rings (SSSR count). The number of ether oxygens (including phenoxy) is 1. The van der Waals surface area contributed by atoms with Gasteiger partial charge in [-0.25, -0.2) is 0 Å². The Hall–Kier alpha value is -0.570. The maximum absolute atomic E-state index is 5.86. The number of halogens is 1. The van der Waals surface area contributed by atoms with Gasteiger partial charge in [0.15, 0.2) is 0 Å². The van der Waals surface area contributed by atoms with Gasteiger partial charge >= 0.3 is 0 Å². The summed E-state index contributed by atoms with van der Waals surface area (Å²) in [5.74, 6) is 0. The standard InChI is InChI=1S/C11H16ClNO/c1-13-6-8-14-7-5-10-3-2-4-11(12)9-10/h2-4,9,13H,5-8H2,1H3. The molecule has 0 heterocycles. The number of hydrogen-bond donors (Lipinski definition) is 1. The second kappa shape index (κ2) is 6.82. The third-order valence-electron chi connectivity index (χ3n) is 1.92. The largest absolute Gasteiger partial charge is 0.380 e. The topological polar surface area (TPSA) is 21.3 Å². The first kappa shape index (κ1) is 11.5. The van der Waals surface area contributed by atoms with Crippen LogP contribution in [0.3, 0.4) is 0 Å². The van der Waals surface area contributed by atoms with Gasteiger partial charge in [-0.1, -0.05) is 23.7 Å². The maximum Gasteiger partial charge on any atom is 0.0590 e. The summed E-state index contributed by atoms with van der Waals surface area (Å²) in [5, 5.41) is 3.82. The lowest BCUT2D eigenvalue weighted by molar-refractivity contribution is 0.140. The zero-order valence-corrected chi connectivity index (χ0v) is 9.18. The summed E-state index contributed by atoms with van der Waals surface area (Å²) < 4.78 is 5.41. The van der Waals surface area contributed by atoms with E-state index in [4.69, 9.17) is 16.3 Å². The molecule has 3 heteroatoms. The van der Waals surface area contributed by atoms with E-state index in [0.717, 1.165) is 31.2 Å². The molecule has 0 aliphatic carbocycles. The summed E-state index contributed by atoms with van der Waals surface area (Å²) >= 11 is 5.86. The number of nitrogens with one attached hydrogen (secondary N) is 1. The molecule has 14 heavy (non-hydrogen) atoms. The fourth-order valence-electron chi connectivity index (χ4n) is 1.16. The van der Waals surface area contributed by atoms with Crippen LogP contribution in [0.5, 0.6) is 0 Å². The van der Waals surface area contributed by atoms with Crippen molar-refractivity contribution in [3.8, 4) is 0 Å². The molecular weight excluding hydrogens is 198 g/mol. The van der Waals surface area contributed by atoms with Crippen molar-refractivity contribution in [1.29, 1.82) is 0 Å². The quantitative estimate of drug-likeness (QED) is 0.731. The van der Waals surface area contributed by atoms with Crippen molar-refractivity contribution in [2.45, 2.75) is 6.42 Å². The predicted octanol–water partition coefficient (Wildman–Crippen LogP) is 2.12. The van der Waals surface area contributed by atoms with Crippen LogP contribution in [-0.4, -0.2) is 26.8 Å². The highest BCUT2D eigenvalue weighted by atomic mass is 35.5. The summed E-state index contributed by atoms with van der Waals surface area (Å²) in [7, 11) is 1.92. The van der Waals surface area contributed by atoms with E-state index in [-0.39, 0.29) is 0 Å². The van der Waals surface area contributed by atoms with Crippen molar-refractivity contribution < 1.29 is 4.74 Å². The van der Waals surface area contributed by atoms with Crippen molar-refractivity contribution >= 4 is 11.6 Å². The SMILES string of the molecule is CNCCOCCc1cccc(Cl)c1. The Balaban J connectivity index is 2.18. The van der Waals surface area contributed by atoms with Crippen LogP contribution in [0.1, 0.15) is 5.56 Å². The zero-order chi connectivity index (χ0) is 10.2. The van der Waals surface area contributed by atoms with Gasteiger partial charge in [-0.05, 0) is 31.2 Å². The first-order valence-corrected chi connectivity index (χ1v) is 5.17. The Kier molecular flexibility index (Phi) is 5.60. The van der Waals surface area contributed by atoms with Gasteiger partial charge < -0.3 is 10.1 Å². The Morgan fingerprint density at radius 3 is 2.93 bits per heavy atom. The molecular formula is C11H16ClNO. The normalized spacial score (nSPS) is 10.4. The zero-order valence-electron chi connectivity index (χ0n) is 8.42. The van der Waals surface area contributed by atoms with E-state index < -0.39 is 0 Å².